The third-order valence-electron chi connectivity index (χ3n) is 5.16. The molecule has 35 heavy (non-hydrogen) atoms. The maximum atomic E-state index is 13.7. The molecule has 0 atom stereocenters. The second-order valence-corrected chi connectivity index (χ2v) is 8.08. The number of halogens is 5. The number of nitrogens with zero attached hydrogens (tertiary/aromatic N) is 2. The normalized spacial score (nSPS) is 11.1. The number of carbonyl (C=O) groups excluding carboxylic acids is 1. The van der Waals surface area contributed by atoms with Gasteiger partial charge in [0.05, 0.1) is 23.6 Å². The number of furan rings is 1. The number of nitrogens with one attached hydrogen (secondary N) is 1. The highest BCUT2D eigenvalue weighted by molar-refractivity contribution is 6.30. The summed E-state index contributed by atoms with van der Waals surface area (Å²) in [6.45, 7) is 3.40. The molecular weight excluding hydrogens is 490 g/mol. The Kier molecular flexibility index (Phi) is 6.83. The molecule has 1 amide bonds. The molecule has 2 aromatic carbocycles. The largest absolute Gasteiger partial charge is 0.479 e. The summed E-state index contributed by atoms with van der Waals surface area (Å²) in [5.74, 6) is -8.47. The van der Waals surface area contributed by atoms with E-state index in [4.69, 9.17) is 20.8 Å². The number of amides is 1. The number of aromatic nitrogens is 2. The minimum absolute atomic E-state index is 0.00344. The van der Waals surface area contributed by atoms with Gasteiger partial charge in [0.2, 0.25) is 11.6 Å². The highest BCUT2D eigenvalue weighted by atomic mass is 35.5. The Morgan fingerprint density at radius 1 is 1.09 bits per heavy atom. The minimum atomic E-state index is -1.67. The van der Waals surface area contributed by atoms with Crippen LogP contribution in [-0.4, -0.2) is 15.7 Å². The molecule has 0 aliphatic carbocycles. The fourth-order valence-corrected chi connectivity index (χ4v) is 3.63. The number of aryl methyl sites for hydroxylation is 1. The van der Waals surface area contributed by atoms with Gasteiger partial charge >= 0.3 is 0 Å². The van der Waals surface area contributed by atoms with Crippen molar-refractivity contribution in [2.45, 2.75) is 27.0 Å². The Labute approximate surface area is 202 Å². The molecule has 0 bridgehead atoms. The molecule has 4 aromatic rings. The van der Waals surface area contributed by atoms with Gasteiger partial charge in [-0.15, -0.1) is 0 Å². The lowest BCUT2D eigenvalue weighted by molar-refractivity contribution is 0.0992. The van der Waals surface area contributed by atoms with Crippen LogP contribution in [0.1, 0.15) is 33.3 Å². The molecular formula is C24H18ClF4N3O3. The second kappa shape index (κ2) is 9.83. The average molecular weight is 508 g/mol. The monoisotopic (exact) mass is 507 g/mol. The molecule has 182 valence electrons. The first-order chi connectivity index (χ1) is 16.6. The molecule has 2 heterocycles. The SMILES string of the molecule is Cc1nn(Cc2cccc(Cl)c2)c(C)c1NC(=O)c1ccc(COc2c(F)c(F)cc(F)c2F)o1. The molecule has 0 aliphatic heterocycles. The Hall–Kier alpha value is -3.79. The van der Waals surface area contributed by atoms with E-state index >= 15 is 0 Å². The van der Waals surface area contributed by atoms with Crippen LogP contribution in [0.3, 0.4) is 0 Å². The third-order valence-corrected chi connectivity index (χ3v) is 5.39. The van der Waals surface area contributed by atoms with Gasteiger partial charge in [-0.1, -0.05) is 23.7 Å². The minimum Gasteiger partial charge on any atom is -0.479 e. The zero-order valence-electron chi connectivity index (χ0n) is 18.5. The smallest absolute Gasteiger partial charge is 0.291 e. The van der Waals surface area contributed by atoms with Gasteiger partial charge in [-0.3, -0.25) is 9.48 Å². The maximum absolute atomic E-state index is 13.7. The fourth-order valence-electron chi connectivity index (χ4n) is 3.41. The summed E-state index contributed by atoms with van der Waals surface area (Å²) in [5, 5.41) is 7.79. The third kappa shape index (κ3) is 5.17. The van der Waals surface area contributed by atoms with Crippen molar-refractivity contribution in [3.05, 3.63) is 99.2 Å². The van der Waals surface area contributed by atoms with Gasteiger partial charge in [0, 0.05) is 11.1 Å². The van der Waals surface area contributed by atoms with Gasteiger partial charge < -0.3 is 14.5 Å². The van der Waals surface area contributed by atoms with E-state index in [2.05, 4.69) is 10.4 Å². The van der Waals surface area contributed by atoms with Gasteiger partial charge in [-0.05, 0) is 43.7 Å². The van der Waals surface area contributed by atoms with Crippen molar-refractivity contribution in [2.75, 3.05) is 5.32 Å². The van der Waals surface area contributed by atoms with E-state index in [9.17, 15) is 22.4 Å². The standard InChI is InChI=1S/C24H18ClF4N3O3/c1-12-22(13(2)32(31-12)10-14-4-3-5-15(25)8-14)30-24(33)19-7-6-16(35-19)11-34-23-20(28)17(26)9-18(27)21(23)29/h3-9H,10-11H2,1-2H3,(H,30,33). The molecule has 1 N–H and O–H groups in total. The molecule has 0 unspecified atom stereocenters. The summed E-state index contributed by atoms with van der Waals surface area (Å²) in [4.78, 5) is 12.7. The molecule has 0 fully saturated rings. The molecule has 0 aliphatic rings. The second-order valence-electron chi connectivity index (χ2n) is 7.64. The van der Waals surface area contributed by atoms with E-state index in [1.165, 1.54) is 12.1 Å². The molecule has 4 rings (SSSR count). The fraction of sp³-hybridized carbons (Fsp3) is 0.167. The molecule has 6 nitrogen and oxygen atoms in total. The van der Waals surface area contributed by atoms with E-state index in [0.29, 0.717) is 28.6 Å². The molecule has 0 radical (unpaired) electrons. The Morgan fingerprint density at radius 3 is 2.49 bits per heavy atom. The van der Waals surface area contributed by atoms with Crippen LogP contribution in [0.4, 0.5) is 23.2 Å². The summed E-state index contributed by atoms with van der Waals surface area (Å²) < 4.78 is 66.1. The lowest BCUT2D eigenvalue weighted by Crippen LogP contribution is -2.12. The molecule has 11 heteroatoms. The maximum Gasteiger partial charge on any atom is 0.291 e. The summed E-state index contributed by atoms with van der Waals surface area (Å²) in [6.07, 6.45) is 0. The van der Waals surface area contributed by atoms with E-state index in [-0.39, 0.29) is 17.6 Å². The van der Waals surface area contributed by atoms with Crippen LogP contribution in [-0.2, 0) is 13.2 Å². The number of anilines is 1. The van der Waals surface area contributed by atoms with Crippen molar-refractivity contribution >= 4 is 23.2 Å². The zero-order chi connectivity index (χ0) is 25.3. The number of hydrogen-bond donors (Lipinski definition) is 1. The zero-order valence-corrected chi connectivity index (χ0v) is 19.2. The first kappa shape index (κ1) is 24.3. The van der Waals surface area contributed by atoms with Gasteiger partial charge in [-0.25, -0.2) is 8.78 Å². The van der Waals surface area contributed by atoms with Crippen LogP contribution in [0.2, 0.25) is 5.02 Å². The first-order valence-electron chi connectivity index (χ1n) is 10.3. The van der Waals surface area contributed by atoms with Crippen molar-refractivity contribution in [1.29, 1.82) is 0 Å². The first-order valence-corrected chi connectivity index (χ1v) is 10.7. The van der Waals surface area contributed by atoms with Gasteiger partial charge in [0.15, 0.2) is 23.1 Å². The van der Waals surface area contributed by atoms with E-state index in [1.54, 1.807) is 24.6 Å². The Morgan fingerprint density at radius 2 is 1.80 bits per heavy atom. The predicted molar refractivity (Wildman–Crippen MR) is 120 cm³/mol. The van der Waals surface area contributed by atoms with Crippen LogP contribution >= 0.6 is 11.6 Å². The number of carbonyl (C=O) groups is 1. The van der Waals surface area contributed by atoms with E-state index in [1.807, 2.05) is 18.2 Å². The van der Waals surface area contributed by atoms with Gasteiger partial charge in [-0.2, -0.15) is 13.9 Å². The highest BCUT2D eigenvalue weighted by Gasteiger charge is 2.22. The van der Waals surface area contributed by atoms with Crippen molar-refractivity contribution < 1.29 is 31.5 Å². The van der Waals surface area contributed by atoms with Crippen LogP contribution in [0.15, 0.2) is 46.9 Å². The molecule has 0 saturated carbocycles. The van der Waals surface area contributed by atoms with Crippen LogP contribution in [0.25, 0.3) is 0 Å². The quantitative estimate of drug-likeness (QED) is 0.239. The summed E-state index contributed by atoms with van der Waals surface area (Å²) in [7, 11) is 0. The van der Waals surface area contributed by atoms with Gasteiger partial charge in [0.25, 0.3) is 5.91 Å². The number of hydrogen-bond acceptors (Lipinski definition) is 4. The summed E-state index contributed by atoms with van der Waals surface area (Å²) in [5.41, 5.74) is 2.70. The molecule has 0 spiro atoms. The van der Waals surface area contributed by atoms with Crippen molar-refractivity contribution in [3.63, 3.8) is 0 Å². The van der Waals surface area contributed by atoms with Crippen molar-refractivity contribution in [1.82, 2.24) is 9.78 Å². The number of ether oxygens (including phenoxy) is 1. The molecule has 2 aromatic heterocycles. The highest BCUT2D eigenvalue weighted by Crippen LogP contribution is 2.28. The lowest BCUT2D eigenvalue weighted by Gasteiger charge is -2.08. The van der Waals surface area contributed by atoms with Crippen molar-refractivity contribution in [2.24, 2.45) is 0 Å². The van der Waals surface area contributed by atoms with Crippen LogP contribution in [0, 0.1) is 37.1 Å². The van der Waals surface area contributed by atoms with E-state index < -0.39 is 41.5 Å². The number of benzene rings is 2. The lowest BCUT2D eigenvalue weighted by atomic mass is 10.2. The Bertz CT molecular complexity index is 1390. The van der Waals surface area contributed by atoms with E-state index in [0.717, 1.165) is 5.56 Å². The number of rotatable bonds is 7. The average Bonchev–Trinajstić information content (AvgIpc) is 3.38. The summed E-state index contributed by atoms with van der Waals surface area (Å²) in [6, 6.07) is 10.1. The predicted octanol–water partition coefficient (Wildman–Crippen LogP) is 6.18. The van der Waals surface area contributed by atoms with Gasteiger partial charge in [0.1, 0.15) is 12.4 Å². The summed E-state index contributed by atoms with van der Waals surface area (Å²) >= 11 is 6.04. The topological polar surface area (TPSA) is 69.3 Å². The van der Waals surface area contributed by atoms with Crippen LogP contribution in [0.5, 0.6) is 5.75 Å². The van der Waals surface area contributed by atoms with Crippen molar-refractivity contribution in [3.8, 4) is 5.75 Å². The Balaban J connectivity index is 1.45. The van der Waals surface area contributed by atoms with Crippen LogP contribution < -0.4 is 10.1 Å². The molecule has 0 saturated heterocycles.